The third-order valence-corrected chi connectivity index (χ3v) is 2.47. The monoisotopic (exact) mass is 202 g/mol. The van der Waals surface area contributed by atoms with Crippen LogP contribution < -0.4 is 0 Å². The first-order chi connectivity index (χ1) is 7.29. The Morgan fingerprint density at radius 2 is 2.33 bits per heavy atom. The second-order valence-corrected chi connectivity index (χ2v) is 3.59. The predicted molar refractivity (Wildman–Crippen MR) is 58.8 cm³/mol. The van der Waals surface area contributed by atoms with Crippen molar-refractivity contribution < 1.29 is 4.79 Å². The van der Waals surface area contributed by atoms with Gasteiger partial charge in [-0.3, -0.25) is 4.79 Å². The number of fused-ring (bicyclic) bond motifs is 1. The van der Waals surface area contributed by atoms with Crippen molar-refractivity contribution in [3.05, 3.63) is 36.3 Å². The Hall–Kier alpha value is -1.64. The summed E-state index contributed by atoms with van der Waals surface area (Å²) in [6.07, 6.45) is 5.91. The zero-order chi connectivity index (χ0) is 10.7. The molecule has 0 N–H and O–H groups in total. The largest absolute Gasteiger partial charge is 0.307 e. The van der Waals surface area contributed by atoms with Crippen LogP contribution in [0.15, 0.2) is 30.6 Å². The van der Waals surface area contributed by atoms with Crippen LogP contribution in [0, 0.1) is 0 Å². The lowest BCUT2D eigenvalue weighted by Crippen LogP contribution is -1.97. The average Bonchev–Trinajstić information content (AvgIpc) is 2.68. The Morgan fingerprint density at radius 3 is 3.07 bits per heavy atom. The normalized spacial score (nSPS) is 10.7. The Balaban J connectivity index is 2.12. The van der Waals surface area contributed by atoms with Crippen molar-refractivity contribution in [1.29, 1.82) is 0 Å². The van der Waals surface area contributed by atoms with Crippen LogP contribution in [-0.4, -0.2) is 15.2 Å². The summed E-state index contributed by atoms with van der Waals surface area (Å²) in [7, 11) is 0. The lowest BCUT2D eigenvalue weighted by molar-refractivity contribution is -0.118. The minimum Gasteiger partial charge on any atom is -0.307 e. The number of carbonyl (C=O) groups excluding carboxylic acids is 1. The van der Waals surface area contributed by atoms with E-state index in [1.807, 2.05) is 41.9 Å². The van der Waals surface area contributed by atoms with Gasteiger partial charge in [0.25, 0.3) is 0 Å². The summed E-state index contributed by atoms with van der Waals surface area (Å²) in [6.45, 7) is 1.89. The summed E-state index contributed by atoms with van der Waals surface area (Å²) in [5.41, 5.74) is 1.93. The first-order valence-electron chi connectivity index (χ1n) is 5.24. The first kappa shape index (κ1) is 9.90. The molecule has 0 aliphatic carbocycles. The van der Waals surface area contributed by atoms with Gasteiger partial charge in [-0.2, -0.15) is 0 Å². The van der Waals surface area contributed by atoms with E-state index in [1.54, 1.807) is 0 Å². The molecule has 2 rings (SSSR count). The lowest BCUT2D eigenvalue weighted by atomic mass is 10.1. The highest BCUT2D eigenvalue weighted by Gasteiger charge is 2.03. The van der Waals surface area contributed by atoms with E-state index in [0.717, 1.165) is 17.8 Å². The summed E-state index contributed by atoms with van der Waals surface area (Å²) >= 11 is 0. The van der Waals surface area contributed by atoms with Crippen LogP contribution in [0.25, 0.3) is 5.65 Å². The van der Waals surface area contributed by atoms with Gasteiger partial charge in [0.05, 0.1) is 5.69 Å². The van der Waals surface area contributed by atoms with Crippen LogP contribution in [-0.2, 0) is 11.2 Å². The van der Waals surface area contributed by atoms with Crippen LogP contribution in [0.1, 0.15) is 25.5 Å². The average molecular weight is 202 g/mol. The van der Waals surface area contributed by atoms with Gasteiger partial charge in [0.15, 0.2) is 0 Å². The fourth-order valence-electron chi connectivity index (χ4n) is 1.55. The van der Waals surface area contributed by atoms with E-state index >= 15 is 0 Å². The number of imidazole rings is 1. The maximum absolute atomic E-state index is 11.2. The highest BCUT2D eigenvalue weighted by atomic mass is 16.1. The molecule has 0 aromatic carbocycles. The van der Waals surface area contributed by atoms with E-state index < -0.39 is 0 Å². The summed E-state index contributed by atoms with van der Waals surface area (Å²) in [6, 6.07) is 5.89. The van der Waals surface area contributed by atoms with Crippen molar-refractivity contribution in [2.75, 3.05) is 0 Å². The number of ketones is 1. The highest BCUT2D eigenvalue weighted by molar-refractivity contribution is 5.78. The van der Waals surface area contributed by atoms with Crippen LogP contribution in [0.2, 0.25) is 0 Å². The van der Waals surface area contributed by atoms with Gasteiger partial charge in [-0.15, -0.1) is 0 Å². The third-order valence-electron chi connectivity index (χ3n) is 2.47. The molecular weight excluding hydrogens is 188 g/mol. The van der Waals surface area contributed by atoms with Crippen molar-refractivity contribution >= 4 is 11.4 Å². The molecular formula is C12H14N2O. The van der Waals surface area contributed by atoms with Crippen molar-refractivity contribution in [1.82, 2.24) is 9.38 Å². The predicted octanol–water partition coefficient (Wildman–Crippen LogP) is 2.25. The number of aromatic nitrogens is 2. The van der Waals surface area contributed by atoms with Crippen molar-refractivity contribution in [3.63, 3.8) is 0 Å². The Labute approximate surface area is 88.8 Å². The zero-order valence-corrected chi connectivity index (χ0v) is 8.81. The van der Waals surface area contributed by atoms with Gasteiger partial charge in [0.2, 0.25) is 0 Å². The standard InChI is InChI=1S/C12H14N2O/c1-2-11(15)7-6-10-9-14-8-4-3-5-12(14)13-10/h3-5,8-9H,2,6-7H2,1H3. The molecule has 2 heterocycles. The number of aryl methyl sites for hydroxylation is 1. The fourth-order valence-corrected chi connectivity index (χ4v) is 1.55. The van der Waals surface area contributed by atoms with Crippen LogP contribution >= 0.6 is 0 Å². The molecule has 0 radical (unpaired) electrons. The smallest absolute Gasteiger partial charge is 0.136 e. The van der Waals surface area contributed by atoms with Gasteiger partial charge in [-0.1, -0.05) is 13.0 Å². The fraction of sp³-hybridized carbons (Fsp3) is 0.333. The molecule has 0 bridgehead atoms. The molecule has 0 fully saturated rings. The lowest BCUT2D eigenvalue weighted by Gasteiger charge is -1.93. The molecule has 3 heteroatoms. The molecule has 0 aliphatic heterocycles. The van der Waals surface area contributed by atoms with E-state index in [0.29, 0.717) is 18.6 Å². The number of nitrogens with zero attached hydrogens (tertiary/aromatic N) is 2. The summed E-state index contributed by atoms with van der Waals surface area (Å²) < 4.78 is 1.98. The van der Waals surface area contributed by atoms with Gasteiger partial charge >= 0.3 is 0 Å². The number of hydrogen-bond acceptors (Lipinski definition) is 2. The molecule has 78 valence electrons. The second kappa shape index (κ2) is 4.26. The SMILES string of the molecule is CCC(=O)CCc1cn2ccccc2n1. The van der Waals surface area contributed by atoms with Crippen LogP contribution in [0.3, 0.4) is 0 Å². The minimum absolute atomic E-state index is 0.298. The molecule has 0 unspecified atom stereocenters. The van der Waals surface area contributed by atoms with E-state index in [1.165, 1.54) is 0 Å². The number of rotatable bonds is 4. The van der Waals surface area contributed by atoms with Crippen molar-refractivity contribution in [2.24, 2.45) is 0 Å². The number of hydrogen-bond donors (Lipinski definition) is 0. The molecule has 0 saturated carbocycles. The quantitative estimate of drug-likeness (QED) is 0.762. The van der Waals surface area contributed by atoms with Gasteiger partial charge in [-0.05, 0) is 18.6 Å². The molecule has 0 saturated heterocycles. The second-order valence-electron chi connectivity index (χ2n) is 3.59. The Morgan fingerprint density at radius 1 is 1.47 bits per heavy atom. The van der Waals surface area contributed by atoms with Gasteiger partial charge in [0.1, 0.15) is 11.4 Å². The molecule has 15 heavy (non-hydrogen) atoms. The first-order valence-corrected chi connectivity index (χ1v) is 5.24. The molecule has 0 aliphatic rings. The Kier molecular flexibility index (Phi) is 2.81. The number of Topliss-reactive ketones (excluding diaryl/α,β-unsaturated/α-hetero) is 1. The molecule has 0 amide bonds. The van der Waals surface area contributed by atoms with Crippen LogP contribution in [0.5, 0.6) is 0 Å². The number of carbonyl (C=O) groups is 1. The summed E-state index contributed by atoms with van der Waals surface area (Å²) in [5.74, 6) is 0.298. The molecule has 3 nitrogen and oxygen atoms in total. The topological polar surface area (TPSA) is 34.4 Å². The molecule has 0 spiro atoms. The summed E-state index contributed by atoms with van der Waals surface area (Å²) in [5, 5.41) is 0. The van der Waals surface area contributed by atoms with Gasteiger partial charge in [0, 0.05) is 25.2 Å². The zero-order valence-electron chi connectivity index (χ0n) is 8.81. The Bertz CT molecular complexity index is 440. The molecule has 2 aromatic heterocycles. The van der Waals surface area contributed by atoms with Gasteiger partial charge in [-0.25, -0.2) is 4.98 Å². The van der Waals surface area contributed by atoms with E-state index in [4.69, 9.17) is 0 Å². The van der Waals surface area contributed by atoms with E-state index in [-0.39, 0.29) is 0 Å². The molecule has 2 aromatic rings. The number of pyridine rings is 1. The van der Waals surface area contributed by atoms with Crippen molar-refractivity contribution in [2.45, 2.75) is 26.2 Å². The van der Waals surface area contributed by atoms with Crippen LogP contribution in [0.4, 0.5) is 0 Å². The maximum Gasteiger partial charge on any atom is 0.136 e. The van der Waals surface area contributed by atoms with Gasteiger partial charge < -0.3 is 4.40 Å². The van der Waals surface area contributed by atoms with E-state index in [9.17, 15) is 4.79 Å². The van der Waals surface area contributed by atoms with E-state index in [2.05, 4.69) is 4.98 Å². The minimum atomic E-state index is 0.298. The highest BCUT2D eigenvalue weighted by Crippen LogP contribution is 2.07. The maximum atomic E-state index is 11.2. The van der Waals surface area contributed by atoms with Crippen molar-refractivity contribution in [3.8, 4) is 0 Å². The molecule has 0 atom stereocenters. The third kappa shape index (κ3) is 2.24. The summed E-state index contributed by atoms with van der Waals surface area (Å²) in [4.78, 5) is 15.6.